The summed E-state index contributed by atoms with van der Waals surface area (Å²) >= 11 is 7.53. The third kappa shape index (κ3) is 2.28. The van der Waals surface area contributed by atoms with Gasteiger partial charge in [-0.1, -0.05) is 23.7 Å². The number of benzene rings is 1. The average molecular weight is 308 g/mol. The van der Waals surface area contributed by atoms with Crippen LogP contribution in [0.2, 0.25) is 5.02 Å². The number of halogens is 1. The lowest BCUT2D eigenvalue weighted by atomic mass is 10.1. The number of thiophene rings is 1. The van der Waals surface area contributed by atoms with E-state index in [0.717, 1.165) is 4.91 Å². The normalized spacial score (nSPS) is 10.7. The van der Waals surface area contributed by atoms with Crippen LogP contribution in [-0.2, 0) is 0 Å². The maximum atomic E-state index is 12.1. The number of aromatic amines is 1. The first kappa shape index (κ1) is 12.8. The first-order valence-corrected chi connectivity index (χ1v) is 6.95. The van der Waals surface area contributed by atoms with E-state index in [2.05, 4.69) is 15.5 Å². The second kappa shape index (κ2) is 5.03. The van der Waals surface area contributed by atoms with Gasteiger partial charge in [-0.05, 0) is 23.6 Å². The molecule has 0 spiro atoms. The van der Waals surface area contributed by atoms with Gasteiger partial charge in [0.1, 0.15) is 0 Å². The molecule has 3 rings (SSSR count). The topological polar surface area (TPSA) is 88.7 Å². The number of aromatic nitrogens is 3. The van der Waals surface area contributed by atoms with Crippen LogP contribution in [-0.4, -0.2) is 21.0 Å². The van der Waals surface area contributed by atoms with Crippen molar-refractivity contribution in [1.29, 1.82) is 0 Å². The molecule has 6 nitrogen and oxygen atoms in total. The molecular weight excluding hydrogens is 298 g/mol. The zero-order valence-corrected chi connectivity index (χ0v) is 11.7. The molecule has 0 atom stereocenters. The van der Waals surface area contributed by atoms with Crippen molar-refractivity contribution in [3.63, 3.8) is 0 Å². The van der Waals surface area contributed by atoms with E-state index in [4.69, 9.17) is 17.4 Å². The monoisotopic (exact) mass is 307 g/mol. The minimum Gasteiger partial charge on any atom is -0.321 e. The van der Waals surface area contributed by atoms with Gasteiger partial charge in [0.2, 0.25) is 0 Å². The van der Waals surface area contributed by atoms with Crippen molar-refractivity contribution in [1.82, 2.24) is 15.1 Å². The molecule has 0 saturated heterocycles. The Kier molecular flexibility index (Phi) is 3.21. The average Bonchev–Trinajstić information content (AvgIpc) is 2.90. The molecule has 0 unspecified atom stereocenters. The van der Waals surface area contributed by atoms with Crippen molar-refractivity contribution in [2.24, 2.45) is 0 Å². The van der Waals surface area contributed by atoms with Crippen molar-refractivity contribution >= 4 is 34.5 Å². The first-order valence-electron chi connectivity index (χ1n) is 5.69. The van der Waals surface area contributed by atoms with Crippen LogP contribution in [0.15, 0.2) is 35.7 Å². The number of rotatable bonds is 3. The summed E-state index contributed by atoms with van der Waals surface area (Å²) in [5, 5.41) is 11.9. The van der Waals surface area contributed by atoms with Crippen molar-refractivity contribution in [2.45, 2.75) is 0 Å². The number of H-pyrrole nitrogens is 1. The van der Waals surface area contributed by atoms with Crippen LogP contribution < -0.4 is 11.2 Å². The van der Waals surface area contributed by atoms with Crippen LogP contribution >= 0.6 is 22.9 Å². The van der Waals surface area contributed by atoms with Gasteiger partial charge in [-0.25, -0.2) is 5.10 Å². The number of carbonyl (C=O) groups excluding carboxylic acids is 1. The Morgan fingerprint density at radius 3 is 2.85 bits per heavy atom. The van der Waals surface area contributed by atoms with Gasteiger partial charge in [-0.2, -0.15) is 0 Å². The number of nitrogens with two attached hydrogens (primary N) is 1. The van der Waals surface area contributed by atoms with Crippen molar-refractivity contribution in [3.8, 4) is 11.4 Å². The SMILES string of the molecule is Nn1nc(-c2c(Cl)cccc2NC(=O)c2cccs2)[nH]1. The van der Waals surface area contributed by atoms with Crippen LogP contribution in [0, 0.1) is 0 Å². The highest BCUT2D eigenvalue weighted by molar-refractivity contribution is 7.12. The Labute approximate surface area is 123 Å². The van der Waals surface area contributed by atoms with Crippen molar-refractivity contribution < 1.29 is 4.79 Å². The summed E-state index contributed by atoms with van der Waals surface area (Å²) in [6.45, 7) is 0. The summed E-state index contributed by atoms with van der Waals surface area (Å²) in [6.07, 6.45) is 0. The molecule has 0 fully saturated rings. The molecule has 102 valence electrons. The van der Waals surface area contributed by atoms with Crippen LogP contribution in [0.1, 0.15) is 9.67 Å². The fourth-order valence-corrected chi connectivity index (χ4v) is 2.67. The van der Waals surface area contributed by atoms with Crippen molar-refractivity contribution in [2.75, 3.05) is 11.2 Å². The molecule has 0 aliphatic rings. The predicted molar refractivity (Wildman–Crippen MR) is 79.4 cm³/mol. The maximum Gasteiger partial charge on any atom is 0.265 e. The van der Waals surface area contributed by atoms with E-state index in [1.807, 2.05) is 11.4 Å². The largest absolute Gasteiger partial charge is 0.321 e. The molecule has 0 aliphatic carbocycles. The summed E-state index contributed by atoms with van der Waals surface area (Å²) in [6, 6.07) is 8.82. The van der Waals surface area contributed by atoms with E-state index in [1.54, 1.807) is 24.3 Å². The number of anilines is 1. The molecule has 8 heteroatoms. The second-order valence-corrected chi connectivity index (χ2v) is 5.35. The third-order valence-corrected chi connectivity index (χ3v) is 3.86. The van der Waals surface area contributed by atoms with Crippen LogP contribution in [0.25, 0.3) is 11.4 Å². The Hall–Kier alpha value is -2.25. The standard InChI is InChI=1S/C12H10ClN5OS/c13-7-3-1-4-8(10(7)11-16-18(14)17-11)15-12(19)9-5-2-6-20-9/h1-6H,14H2,(H,15,19)(H,16,17). The molecule has 20 heavy (non-hydrogen) atoms. The third-order valence-electron chi connectivity index (χ3n) is 2.67. The quantitative estimate of drug-likeness (QED) is 0.650. The van der Waals surface area contributed by atoms with Gasteiger partial charge < -0.3 is 11.2 Å². The Morgan fingerprint density at radius 2 is 2.20 bits per heavy atom. The summed E-state index contributed by atoms with van der Waals surface area (Å²) in [5.74, 6) is 5.72. The van der Waals surface area contributed by atoms with Gasteiger partial charge in [0, 0.05) is 0 Å². The molecule has 4 N–H and O–H groups in total. The summed E-state index contributed by atoms with van der Waals surface area (Å²) < 4.78 is 0. The number of carbonyl (C=O) groups is 1. The first-order chi connectivity index (χ1) is 9.65. The highest BCUT2D eigenvalue weighted by Gasteiger charge is 2.17. The number of amides is 1. The minimum atomic E-state index is -0.187. The number of nitrogens with one attached hydrogen (secondary N) is 2. The lowest BCUT2D eigenvalue weighted by molar-refractivity contribution is 0.103. The molecule has 2 aromatic heterocycles. The number of hydrogen-bond acceptors (Lipinski definition) is 4. The number of nitrogen functional groups attached to an aromatic ring is 1. The molecule has 0 aliphatic heterocycles. The van der Waals surface area contributed by atoms with Gasteiger partial charge >= 0.3 is 0 Å². The van der Waals surface area contributed by atoms with Crippen LogP contribution in [0.5, 0.6) is 0 Å². The van der Waals surface area contributed by atoms with Gasteiger partial charge in [-0.15, -0.1) is 21.3 Å². The fourth-order valence-electron chi connectivity index (χ4n) is 1.79. The van der Waals surface area contributed by atoms with Gasteiger partial charge in [0.15, 0.2) is 5.82 Å². The Bertz CT molecular complexity index is 734. The van der Waals surface area contributed by atoms with Crippen LogP contribution in [0.3, 0.4) is 0 Å². The molecule has 0 radical (unpaired) electrons. The molecule has 0 bridgehead atoms. The van der Waals surface area contributed by atoms with Gasteiger partial charge in [0.05, 0.1) is 21.2 Å². The van der Waals surface area contributed by atoms with Gasteiger partial charge in [-0.3, -0.25) is 4.79 Å². The van der Waals surface area contributed by atoms with E-state index in [0.29, 0.717) is 27.0 Å². The summed E-state index contributed by atoms with van der Waals surface area (Å²) in [4.78, 5) is 13.8. The highest BCUT2D eigenvalue weighted by Crippen LogP contribution is 2.33. The zero-order chi connectivity index (χ0) is 14.1. The smallest absolute Gasteiger partial charge is 0.265 e. The fraction of sp³-hybridized carbons (Fsp3) is 0. The summed E-state index contributed by atoms with van der Waals surface area (Å²) in [5.41, 5.74) is 1.19. The zero-order valence-electron chi connectivity index (χ0n) is 10.1. The lowest BCUT2D eigenvalue weighted by Crippen LogP contribution is -2.24. The molecule has 1 aromatic carbocycles. The van der Waals surface area contributed by atoms with E-state index in [-0.39, 0.29) is 5.91 Å². The van der Waals surface area contributed by atoms with E-state index in [9.17, 15) is 4.79 Å². The predicted octanol–water partition coefficient (Wildman–Crippen LogP) is 2.56. The molecule has 0 saturated carbocycles. The molecule has 3 aromatic rings. The lowest BCUT2D eigenvalue weighted by Gasteiger charge is -2.14. The number of nitrogens with zero attached hydrogens (tertiary/aromatic N) is 2. The molecule has 2 heterocycles. The minimum absolute atomic E-state index is 0.187. The van der Waals surface area contributed by atoms with Crippen LogP contribution in [0.4, 0.5) is 5.69 Å². The molecular formula is C12H10ClN5OS. The van der Waals surface area contributed by atoms with E-state index < -0.39 is 0 Å². The molecule has 1 amide bonds. The van der Waals surface area contributed by atoms with Crippen molar-refractivity contribution in [3.05, 3.63) is 45.6 Å². The number of hydrogen-bond donors (Lipinski definition) is 3. The maximum absolute atomic E-state index is 12.1. The second-order valence-electron chi connectivity index (χ2n) is 4.00. The Balaban J connectivity index is 1.94. The summed E-state index contributed by atoms with van der Waals surface area (Å²) in [7, 11) is 0. The van der Waals surface area contributed by atoms with Gasteiger partial charge in [0.25, 0.3) is 5.91 Å². The highest BCUT2D eigenvalue weighted by atomic mass is 35.5. The Morgan fingerprint density at radius 1 is 1.40 bits per heavy atom. The van der Waals surface area contributed by atoms with E-state index in [1.165, 1.54) is 11.3 Å². The van der Waals surface area contributed by atoms with E-state index >= 15 is 0 Å².